The third-order valence-electron chi connectivity index (χ3n) is 8.30. The van der Waals surface area contributed by atoms with Gasteiger partial charge in [0.05, 0.1) is 0 Å². The van der Waals surface area contributed by atoms with Crippen molar-refractivity contribution in [3.8, 4) is 0 Å². The van der Waals surface area contributed by atoms with Crippen LogP contribution in [0.3, 0.4) is 0 Å². The Labute approximate surface area is 230 Å². The maximum Gasteiger partial charge on any atom is 0.0311 e. The highest BCUT2D eigenvalue weighted by molar-refractivity contribution is 7.11. The van der Waals surface area contributed by atoms with Crippen LogP contribution in [0.15, 0.2) is 71.4 Å². The molecule has 2 aromatic carbocycles. The number of benzene rings is 2. The summed E-state index contributed by atoms with van der Waals surface area (Å²) in [5, 5.41) is 4.76. The average molecular weight is 521 g/mol. The number of hydrogen-bond donors (Lipinski definition) is 0. The average Bonchev–Trinajstić information content (AvgIpc) is 3.67. The van der Waals surface area contributed by atoms with Crippen LogP contribution in [0.4, 0.5) is 0 Å². The Morgan fingerprint density at radius 3 is 1.51 bits per heavy atom. The van der Waals surface area contributed by atoms with Gasteiger partial charge in [0.15, 0.2) is 0 Å². The fourth-order valence-electron chi connectivity index (χ4n) is 6.74. The van der Waals surface area contributed by atoms with E-state index in [1.807, 2.05) is 22.7 Å². The lowest BCUT2D eigenvalue weighted by atomic mass is 9.62. The predicted molar refractivity (Wildman–Crippen MR) is 165 cm³/mol. The fraction of sp³-hybridized carbons (Fsp3) is 0.314. The highest BCUT2D eigenvalue weighted by atomic mass is 32.1. The van der Waals surface area contributed by atoms with Gasteiger partial charge in [-0.25, -0.2) is 0 Å². The lowest BCUT2D eigenvalue weighted by Gasteiger charge is -2.41. The van der Waals surface area contributed by atoms with Gasteiger partial charge in [-0.15, -0.1) is 22.7 Å². The molecule has 188 valence electrons. The number of rotatable bonds is 8. The van der Waals surface area contributed by atoms with Gasteiger partial charge in [0.2, 0.25) is 0 Å². The summed E-state index contributed by atoms with van der Waals surface area (Å²) >= 11 is 3.86. The summed E-state index contributed by atoms with van der Waals surface area (Å²) < 4.78 is 0. The minimum Gasteiger partial charge on any atom is -0.144 e. The number of thiophene rings is 2. The molecule has 0 bridgehead atoms. The second-order valence-electron chi connectivity index (χ2n) is 11.3. The summed E-state index contributed by atoms with van der Waals surface area (Å²) in [5.41, 5.74) is 11.7. The van der Waals surface area contributed by atoms with Crippen molar-refractivity contribution >= 4 is 46.0 Å². The summed E-state index contributed by atoms with van der Waals surface area (Å²) in [6, 6.07) is 23.1. The van der Waals surface area contributed by atoms with E-state index in [1.165, 1.54) is 67.1 Å². The van der Waals surface area contributed by atoms with Crippen molar-refractivity contribution in [1.82, 2.24) is 0 Å². The molecule has 0 aliphatic heterocycles. The highest BCUT2D eigenvalue weighted by Gasteiger charge is 2.47. The first-order valence-electron chi connectivity index (χ1n) is 13.8. The van der Waals surface area contributed by atoms with Crippen LogP contribution in [0.5, 0.6) is 0 Å². The van der Waals surface area contributed by atoms with E-state index >= 15 is 0 Å². The molecule has 0 N–H and O–H groups in total. The van der Waals surface area contributed by atoms with Gasteiger partial charge in [0.1, 0.15) is 0 Å². The highest BCUT2D eigenvalue weighted by Crippen LogP contribution is 2.62. The molecule has 2 heteroatoms. The quantitative estimate of drug-likeness (QED) is 0.217. The molecule has 2 atom stereocenters. The molecule has 2 unspecified atom stereocenters. The standard InChI is InChI=1S/C35H36S2/c1-5-11-23-17-31(36-21-23)29-19-25-13-7-9-15-27(25)33(29)35(3,4)34-28-16-10-8-14-26(28)20-30(34)32-18-24(12-6-2)22-37-32/h7-10,13-22,33-34H,5-6,11-12H2,1-4H3. The zero-order valence-corrected chi connectivity index (χ0v) is 24.0. The van der Waals surface area contributed by atoms with Crippen LogP contribution < -0.4 is 0 Å². The molecule has 0 amide bonds. The molecule has 0 radical (unpaired) electrons. The Bertz CT molecular complexity index is 1380. The van der Waals surface area contributed by atoms with E-state index in [0.29, 0.717) is 11.8 Å². The monoisotopic (exact) mass is 520 g/mol. The minimum absolute atomic E-state index is 0.0132. The lowest BCUT2D eigenvalue weighted by molar-refractivity contribution is 0.304. The normalized spacial score (nSPS) is 18.5. The van der Waals surface area contributed by atoms with Crippen LogP contribution in [-0.2, 0) is 12.8 Å². The van der Waals surface area contributed by atoms with Crippen molar-refractivity contribution < 1.29 is 0 Å². The van der Waals surface area contributed by atoms with Crippen molar-refractivity contribution in [2.45, 2.75) is 65.2 Å². The molecule has 4 aromatic rings. The van der Waals surface area contributed by atoms with Gasteiger partial charge in [0.25, 0.3) is 0 Å². The minimum atomic E-state index is -0.0132. The molecule has 0 nitrogen and oxygen atoms in total. The third-order valence-corrected chi connectivity index (χ3v) is 10.4. The lowest BCUT2D eigenvalue weighted by Crippen LogP contribution is -2.29. The first-order valence-corrected chi connectivity index (χ1v) is 15.5. The molecule has 2 aliphatic rings. The largest absolute Gasteiger partial charge is 0.144 e. The van der Waals surface area contributed by atoms with Crippen LogP contribution in [0.25, 0.3) is 23.3 Å². The van der Waals surface area contributed by atoms with E-state index in [9.17, 15) is 0 Å². The van der Waals surface area contributed by atoms with Gasteiger partial charge in [-0.3, -0.25) is 0 Å². The molecule has 2 aromatic heterocycles. The molecule has 0 fully saturated rings. The maximum atomic E-state index is 2.52. The molecule has 0 saturated heterocycles. The van der Waals surface area contributed by atoms with E-state index < -0.39 is 0 Å². The Kier molecular flexibility index (Phi) is 6.59. The van der Waals surface area contributed by atoms with Crippen LogP contribution in [0.1, 0.15) is 95.5 Å². The summed E-state index contributed by atoms with van der Waals surface area (Å²) in [4.78, 5) is 2.88. The molecule has 0 spiro atoms. The molecule has 37 heavy (non-hydrogen) atoms. The Morgan fingerprint density at radius 2 is 1.08 bits per heavy atom. The number of fused-ring (bicyclic) bond motifs is 2. The van der Waals surface area contributed by atoms with Gasteiger partial charge in [-0.2, -0.15) is 0 Å². The second-order valence-corrected chi connectivity index (χ2v) is 13.1. The number of allylic oxidation sites excluding steroid dienone is 2. The summed E-state index contributed by atoms with van der Waals surface area (Å²) in [5.74, 6) is 0.679. The van der Waals surface area contributed by atoms with E-state index in [4.69, 9.17) is 0 Å². The van der Waals surface area contributed by atoms with Gasteiger partial charge >= 0.3 is 0 Å². The fourth-order valence-corrected chi connectivity index (χ4v) is 8.73. The first-order chi connectivity index (χ1) is 18.0. The smallest absolute Gasteiger partial charge is 0.0311 e. The third kappa shape index (κ3) is 4.29. The molecule has 0 saturated carbocycles. The molecule has 2 aliphatic carbocycles. The Morgan fingerprint density at radius 1 is 0.649 bits per heavy atom. The van der Waals surface area contributed by atoms with Crippen LogP contribution in [0, 0.1) is 5.41 Å². The van der Waals surface area contributed by atoms with Crippen LogP contribution >= 0.6 is 22.7 Å². The van der Waals surface area contributed by atoms with Crippen molar-refractivity contribution in [1.29, 1.82) is 0 Å². The topological polar surface area (TPSA) is 0 Å². The molecule has 2 heterocycles. The van der Waals surface area contributed by atoms with E-state index in [2.05, 4.69) is 111 Å². The van der Waals surface area contributed by atoms with Gasteiger partial charge in [-0.05, 0) is 97.8 Å². The predicted octanol–water partition coefficient (Wildman–Crippen LogP) is 10.7. The SMILES string of the molecule is CCCc1csc(C2=Cc3ccccc3C2C(C)(C)C2C(c3cc(CCC)cs3)=Cc3ccccc32)c1. The van der Waals surface area contributed by atoms with Gasteiger partial charge in [0, 0.05) is 21.6 Å². The first kappa shape index (κ1) is 24.6. The summed E-state index contributed by atoms with van der Waals surface area (Å²) in [6.45, 7) is 9.59. The van der Waals surface area contributed by atoms with Gasteiger partial charge in [-0.1, -0.05) is 89.1 Å². The second kappa shape index (κ2) is 9.89. The van der Waals surface area contributed by atoms with E-state index in [-0.39, 0.29) is 5.41 Å². The number of aryl methyl sites for hydroxylation is 2. The number of hydrogen-bond acceptors (Lipinski definition) is 2. The van der Waals surface area contributed by atoms with E-state index in [1.54, 1.807) is 0 Å². The van der Waals surface area contributed by atoms with Crippen molar-refractivity contribution in [3.05, 3.63) is 115 Å². The molecular weight excluding hydrogens is 485 g/mol. The van der Waals surface area contributed by atoms with Crippen molar-refractivity contribution in [2.75, 3.05) is 0 Å². The van der Waals surface area contributed by atoms with Gasteiger partial charge < -0.3 is 0 Å². The van der Waals surface area contributed by atoms with Crippen LogP contribution in [-0.4, -0.2) is 0 Å². The van der Waals surface area contributed by atoms with Crippen molar-refractivity contribution in [2.24, 2.45) is 5.41 Å². The zero-order valence-electron chi connectivity index (χ0n) is 22.4. The summed E-state index contributed by atoms with van der Waals surface area (Å²) in [7, 11) is 0. The zero-order chi connectivity index (χ0) is 25.6. The Hall–Kier alpha value is -2.68. The summed E-state index contributed by atoms with van der Waals surface area (Å²) in [6.07, 6.45) is 9.67. The molecular formula is C35H36S2. The molecule has 6 rings (SSSR count). The Balaban J connectivity index is 1.48. The maximum absolute atomic E-state index is 2.52. The van der Waals surface area contributed by atoms with Crippen LogP contribution in [0.2, 0.25) is 0 Å². The van der Waals surface area contributed by atoms with Crippen molar-refractivity contribution in [3.63, 3.8) is 0 Å². The van der Waals surface area contributed by atoms with E-state index in [0.717, 1.165) is 12.8 Å².